The van der Waals surface area contributed by atoms with Gasteiger partial charge in [-0.1, -0.05) is 37.3 Å². The number of nitrogens with zero attached hydrogens (tertiary/aromatic N) is 3. The van der Waals surface area contributed by atoms with E-state index in [-0.39, 0.29) is 23.0 Å². The average molecular weight is 428 g/mol. The Morgan fingerprint density at radius 3 is 2.27 bits per heavy atom. The summed E-state index contributed by atoms with van der Waals surface area (Å²) in [5.74, 6) is 0.405. The van der Waals surface area contributed by atoms with Crippen molar-refractivity contribution in [2.24, 2.45) is 5.92 Å². The number of amides is 3. The highest BCUT2D eigenvalue weighted by atomic mass is 32.2. The van der Waals surface area contributed by atoms with E-state index >= 15 is 0 Å². The second kappa shape index (κ2) is 7.75. The van der Waals surface area contributed by atoms with E-state index in [4.69, 9.17) is 0 Å². The SMILES string of the molecule is Cc1ccccc1N1C(=O)N(CC(=O)N2CCC(C)CC2)c2ccccc2S1(=O)=O. The number of sulfonamides is 1. The van der Waals surface area contributed by atoms with Crippen LogP contribution in [0.15, 0.2) is 53.4 Å². The highest BCUT2D eigenvalue weighted by Crippen LogP contribution is 2.38. The van der Waals surface area contributed by atoms with E-state index < -0.39 is 16.1 Å². The van der Waals surface area contributed by atoms with Gasteiger partial charge in [-0.25, -0.2) is 13.2 Å². The van der Waals surface area contributed by atoms with Crippen LogP contribution in [0.4, 0.5) is 16.2 Å². The van der Waals surface area contributed by atoms with Gasteiger partial charge in [-0.3, -0.25) is 9.69 Å². The number of piperidine rings is 1. The second-order valence-corrected chi connectivity index (χ2v) is 9.71. The summed E-state index contributed by atoms with van der Waals surface area (Å²) in [6.45, 7) is 5.04. The molecule has 7 nitrogen and oxygen atoms in total. The number of aryl methyl sites for hydroxylation is 1. The summed E-state index contributed by atoms with van der Waals surface area (Å²) < 4.78 is 27.5. The highest BCUT2D eigenvalue weighted by molar-refractivity contribution is 7.94. The average Bonchev–Trinajstić information content (AvgIpc) is 2.73. The minimum atomic E-state index is -4.09. The predicted octanol–water partition coefficient (Wildman–Crippen LogP) is 3.39. The van der Waals surface area contributed by atoms with Gasteiger partial charge in [-0.2, -0.15) is 4.31 Å². The topological polar surface area (TPSA) is 78.0 Å². The van der Waals surface area contributed by atoms with Gasteiger partial charge < -0.3 is 4.90 Å². The minimum Gasteiger partial charge on any atom is -0.341 e. The zero-order valence-corrected chi connectivity index (χ0v) is 17.9. The number of hydrogen-bond donors (Lipinski definition) is 0. The predicted molar refractivity (Wildman–Crippen MR) is 115 cm³/mol. The van der Waals surface area contributed by atoms with Gasteiger partial charge in [0.1, 0.15) is 11.4 Å². The number of benzene rings is 2. The molecule has 4 rings (SSSR count). The van der Waals surface area contributed by atoms with Gasteiger partial charge in [0, 0.05) is 13.1 Å². The summed E-state index contributed by atoms with van der Waals surface area (Å²) in [6.07, 6.45) is 1.86. The van der Waals surface area contributed by atoms with Gasteiger partial charge in [0.25, 0.3) is 10.0 Å². The van der Waals surface area contributed by atoms with Crippen molar-refractivity contribution in [3.8, 4) is 0 Å². The molecule has 2 aromatic rings. The molecule has 0 aliphatic carbocycles. The van der Waals surface area contributed by atoms with Gasteiger partial charge in [0.05, 0.1) is 11.4 Å². The molecule has 2 aliphatic heterocycles. The zero-order valence-electron chi connectivity index (χ0n) is 17.1. The maximum Gasteiger partial charge on any atom is 0.343 e. The number of fused-ring (bicyclic) bond motifs is 1. The Hall–Kier alpha value is -2.87. The van der Waals surface area contributed by atoms with E-state index in [1.807, 2.05) is 0 Å². The molecule has 3 amide bonds. The molecule has 1 fully saturated rings. The maximum atomic E-state index is 13.4. The number of hydrogen-bond acceptors (Lipinski definition) is 4. The smallest absolute Gasteiger partial charge is 0.341 e. The van der Waals surface area contributed by atoms with Crippen molar-refractivity contribution < 1.29 is 18.0 Å². The van der Waals surface area contributed by atoms with Crippen LogP contribution in [0, 0.1) is 12.8 Å². The lowest BCUT2D eigenvalue weighted by Gasteiger charge is -2.38. The first-order valence-corrected chi connectivity index (χ1v) is 11.5. The summed E-state index contributed by atoms with van der Waals surface area (Å²) in [5, 5.41) is 0. The molecule has 30 heavy (non-hydrogen) atoms. The van der Waals surface area contributed by atoms with Crippen molar-refractivity contribution in [1.82, 2.24) is 4.90 Å². The van der Waals surface area contributed by atoms with Crippen LogP contribution in [0.3, 0.4) is 0 Å². The number of anilines is 2. The zero-order chi connectivity index (χ0) is 21.5. The molecule has 2 heterocycles. The number of carbonyl (C=O) groups is 2. The van der Waals surface area contributed by atoms with Crippen LogP contribution in [0.2, 0.25) is 0 Å². The molecule has 0 radical (unpaired) electrons. The first kappa shape index (κ1) is 20.4. The van der Waals surface area contributed by atoms with Crippen molar-refractivity contribution >= 4 is 33.3 Å². The third kappa shape index (κ3) is 3.45. The van der Waals surface area contributed by atoms with E-state index in [2.05, 4.69) is 6.92 Å². The molecule has 2 aliphatic rings. The molecule has 0 N–H and O–H groups in total. The van der Waals surface area contributed by atoms with Crippen molar-refractivity contribution in [2.75, 3.05) is 28.8 Å². The number of urea groups is 1. The van der Waals surface area contributed by atoms with E-state index in [9.17, 15) is 18.0 Å². The molecule has 0 unspecified atom stereocenters. The molecular weight excluding hydrogens is 402 g/mol. The van der Waals surface area contributed by atoms with Crippen molar-refractivity contribution in [3.63, 3.8) is 0 Å². The summed E-state index contributed by atoms with van der Waals surface area (Å²) in [4.78, 5) is 29.5. The lowest BCUT2D eigenvalue weighted by molar-refractivity contribution is -0.130. The number of rotatable bonds is 3. The molecule has 0 saturated carbocycles. The van der Waals surface area contributed by atoms with Crippen molar-refractivity contribution in [1.29, 1.82) is 0 Å². The molecule has 0 spiro atoms. The van der Waals surface area contributed by atoms with Crippen LogP contribution in [0.1, 0.15) is 25.3 Å². The Kier molecular flexibility index (Phi) is 5.27. The van der Waals surface area contributed by atoms with Gasteiger partial charge in [-0.05, 0) is 49.4 Å². The number of para-hydroxylation sites is 2. The standard InChI is InChI=1S/C22H25N3O4S/c1-16-11-13-23(14-12-16)21(26)15-24-19-9-5-6-10-20(19)30(28,29)25(22(24)27)18-8-4-3-7-17(18)2/h3-10,16H,11-15H2,1-2H3. The molecule has 8 heteroatoms. The number of likely N-dealkylation sites (tertiary alicyclic amines) is 1. The first-order chi connectivity index (χ1) is 14.3. The summed E-state index contributed by atoms with van der Waals surface area (Å²) in [6, 6.07) is 12.4. The van der Waals surface area contributed by atoms with E-state index in [0.29, 0.717) is 30.3 Å². The normalized spacial score (nSPS) is 19.0. The summed E-state index contributed by atoms with van der Waals surface area (Å²) in [7, 11) is -4.09. The fourth-order valence-corrected chi connectivity index (χ4v) is 5.64. The minimum absolute atomic E-state index is 0.0212. The van der Waals surface area contributed by atoms with Gasteiger partial charge in [-0.15, -0.1) is 0 Å². The molecular formula is C22H25N3O4S. The van der Waals surface area contributed by atoms with Crippen molar-refractivity contribution in [3.05, 3.63) is 54.1 Å². The Labute approximate surface area is 176 Å². The van der Waals surface area contributed by atoms with Crippen LogP contribution in [-0.2, 0) is 14.8 Å². The molecule has 0 bridgehead atoms. The lowest BCUT2D eigenvalue weighted by atomic mass is 9.99. The highest BCUT2D eigenvalue weighted by Gasteiger charge is 2.43. The quantitative estimate of drug-likeness (QED) is 0.752. The molecule has 2 aromatic carbocycles. The van der Waals surface area contributed by atoms with Crippen LogP contribution in [-0.4, -0.2) is 44.9 Å². The van der Waals surface area contributed by atoms with Crippen molar-refractivity contribution in [2.45, 2.75) is 31.6 Å². The Bertz CT molecular complexity index is 1090. The summed E-state index contributed by atoms with van der Waals surface area (Å²) >= 11 is 0. The monoisotopic (exact) mass is 427 g/mol. The molecule has 1 saturated heterocycles. The van der Waals surface area contributed by atoms with E-state index in [0.717, 1.165) is 17.1 Å². The largest absolute Gasteiger partial charge is 0.343 e. The Morgan fingerprint density at radius 1 is 1.00 bits per heavy atom. The Morgan fingerprint density at radius 2 is 1.60 bits per heavy atom. The van der Waals surface area contributed by atoms with Crippen LogP contribution < -0.4 is 9.21 Å². The maximum absolute atomic E-state index is 13.4. The van der Waals surface area contributed by atoms with Gasteiger partial charge in [0.15, 0.2) is 0 Å². The Balaban J connectivity index is 1.74. The second-order valence-electron chi connectivity index (χ2n) is 7.96. The van der Waals surface area contributed by atoms with E-state index in [1.54, 1.807) is 54.3 Å². The van der Waals surface area contributed by atoms with Gasteiger partial charge >= 0.3 is 6.03 Å². The van der Waals surface area contributed by atoms with Gasteiger partial charge in [0.2, 0.25) is 5.91 Å². The molecule has 0 aromatic heterocycles. The molecule has 158 valence electrons. The fraction of sp³-hybridized carbons (Fsp3) is 0.364. The summed E-state index contributed by atoms with van der Waals surface area (Å²) in [5.41, 5.74) is 1.19. The first-order valence-electron chi connectivity index (χ1n) is 10.1. The van der Waals surface area contributed by atoms with Crippen LogP contribution >= 0.6 is 0 Å². The molecule has 0 atom stereocenters. The third-order valence-corrected chi connectivity index (χ3v) is 7.58. The third-order valence-electron chi connectivity index (χ3n) is 5.84. The van der Waals surface area contributed by atoms with Crippen LogP contribution in [0.25, 0.3) is 0 Å². The lowest BCUT2D eigenvalue weighted by Crippen LogP contribution is -2.54. The van der Waals surface area contributed by atoms with Crippen LogP contribution in [0.5, 0.6) is 0 Å². The van der Waals surface area contributed by atoms with E-state index in [1.165, 1.54) is 11.0 Å². The fourth-order valence-electron chi connectivity index (χ4n) is 3.98. The number of carbonyl (C=O) groups excluding carboxylic acids is 2.